The van der Waals surface area contributed by atoms with Crippen molar-refractivity contribution in [3.8, 4) is 11.3 Å². The number of aliphatic hydroxyl groups is 1. The zero-order valence-electron chi connectivity index (χ0n) is 13.5. The molecule has 1 saturated carbocycles. The molecule has 1 aliphatic carbocycles. The highest BCUT2D eigenvalue weighted by molar-refractivity contribution is 7.14. The van der Waals surface area contributed by atoms with Crippen LogP contribution in [0.4, 0.5) is 9.93 Å². The number of carbonyl (C=O) groups excluding carboxylic acids is 1. The zero-order chi connectivity index (χ0) is 16.8. The largest absolute Gasteiger partial charge is 0.388 e. The van der Waals surface area contributed by atoms with Crippen LogP contribution in [-0.4, -0.2) is 33.3 Å². The van der Waals surface area contributed by atoms with Crippen LogP contribution in [0, 0.1) is 0 Å². The first-order valence-corrected chi connectivity index (χ1v) is 9.16. The van der Waals surface area contributed by atoms with Gasteiger partial charge in [0.2, 0.25) is 0 Å². The Morgan fingerprint density at radius 2 is 2.08 bits per heavy atom. The Morgan fingerprint density at radius 1 is 1.29 bits per heavy atom. The Bertz CT molecular complexity index is 666. The van der Waals surface area contributed by atoms with E-state index in [2.05, 4.69) is 20.6 Å². The third kappa shape index (κ3) is 4.52. The SMILES string of the molecule is O=C(NCC1(O)CCCCCC1)Nc1nc(-c2cccnc2)cs1. The summed E-state index contributed by atoms with van der Waals surface area (Å²) in [5.41, 5.74) is 0.915. The molecule has 0 atom stereocenters. The lowest BCUT2D eigenvalue weighted by atomic mass is 9.95. The number of nitrogens with one attached hydrogen (secondary N) is 2. The molecule has 0 aliphatic heterocycles. The lowest BCUT2D eigenvalue weighted by Crippen LogP contribution is -2.44. The van der Waals surface area contributed by atoms with E-state index >= 15 is 0 Å². The highest BCUT2D eigenvalue weighted by Crippen LogP contribution is 2.27. The Kier molecular flexibility index (Phi) is 5.42. The van der Waals surface area contributed by atoms with E-state index in [0.717, 1.165) is 49.8 Å². The summed E-state index contributed by atoms with van der Waals surface area (Å²) in [4.78, 5) is 20.5. The van der Waals surface area contributed by atoms with Gasteiger partial charge in [0.25, 0.3) is 0 Å². The number of hydrogen-bond acceptors (Lipinski definition) is 5. The van der Waals surface area contributed by atoms with Crippen LogP contribution in [0.1, 0.15) is 38.5 Å². The average molecular weight is 346 g/mol. The molecule has 2 aromatic heterocycles. The molecule has 1 fully saturated rings. The summed E-state index contributed by atoms with van der Waals surface area (Å²) in [5, 5.41) is 18.5. The molecule has 3 N–H and O–H groups in total. The highest BCUT2D eigenvalue weighted by atomic mass is 32.1. The molecule has 3 rings (SSSR count). The van der Waals surface area contributed by atoms with E-state index in [9.17, 15) is 9.90 Å². The standard InChI is InChI=1S/C17H22N4O2S/c22-15(19-12-17(23)7-3-1-2-4-8-17)21-16-20-14(11-24-16)13-6-5-9-18-10-13/h5-6,9-11,23H,1-4,7-8,12H2,(H2,19,20,21,22). The maximum absolute atomic E-state index is 12.1. The van der Waals surface area contributed by atoms with E-state index in [0.29, 0.717) is 5.13 Å². The third-order valence-electron chi connectivity index (χ3n) is 4.29. The minimum atomic E-state index is -0.780. The van der Waals surface area contributed by atoms with Crippen molar-refractivity contribution in [2.75, 3.05) is 11.9 Å². The van der Waals surface area contributed by atoms with Crippen LogP contribution in [0.2, 0.25) is 0 Å². The summed E-state index contributed by atoms with van der Waals surface area (Å²) < 4.78 is 0. The number of thiazole rings is 1. The summed E-state index contributed by atoms with van der Waals surface area (Å²) in [6.45, 7) is 0.277. The number of amides is 2. The topological polar surface area (TPSA) is 87.1 Å². The normalized spacial score (nSPS) is 17.0. The lowest BCUT2D eigenvalue weighted by Gasteiger charge is -2.26. The van der Waals surface area contributed by atoms with Crippen molar-refractivity contribution in [2.45, 2.75) is 44.1 Å². The van der Waals surface area contributed by atoms with Gasteiger partial charge in [-0.2, -0.15) is 0 Å². The summed E-state index contributed by atoms with van der Waals surface area (Å²) in [7, 11) is 0. The fourth-order valence-electron chi connectivity index (χ4n) is 2.93. The van der Waals surface area contributed by atoms with Gasteiger partial charge in [-0.15, -0.1) is 11.3 Å². The number of aromatic nitrogens is 2. The molecular weight excluding hydrogens is 324 g/mol. The Balaban J connectivity index is 1.53. The molecule has 0 radical (unpaired) electrons. The van der Waals surface area contributed by atoms with Crippen LogP contribution in [0.3, 0.4) is 0 Å². The van der Waals surface area contributed by atoms with Crippen molar-refractivity contribution in [3.63, 3.8) is 0 Å². The molecule has 2 amide bonds. The van der Waals surface area contributed by atoms with Crippen molar-refractivity contribution in [3.05, 3.63) is 29.9 Å². The van der Waals surface area contributed by atoms with Gasteiger partial charge in [-0.1, -0.05) is 25.7 Å². The number of carbonyl (C=O) groups is 1. The minimum absolute atomic E-state index is 0.277. The third-order valence-corrected chi connectivity index (χ3v) is 5.05. The van der Waals surface area contributed by atoms with E-state index in [1.54, 1.807) is 12.4 Å². The van der Waals surface area contributed by atoms with E-state index in [1.807, 2.05) is 17.5 Å². The molecule has 6 nitrogen and oxygen atoms in total. The number of anilines is 1. The Morgan fingerprint density at radius 3 is 2.79 bits per heavy atom. The van der Waals surface area contributed by atoms with Gasteiger partial charge in [0.05, 0.1) is 11.3 Å². The number of nitrogens with zero attached hydrogens (tertiary/aromatic N) is 2. The smallest absolute Gasteiger partial charge is 0.321 e. The average Bonchev–Trinajstić information content (AvgIpc) is 2.95. The molecule has 2 aromatic rings. The maximum atomic E-state index is 12.1. The van der Waals surface area contributed by atoms with Crippen LogP contribution in [0.25, 0.3) is 11.3 Å². The van der Waals surface area contributed by atoms with Crippen molar-refractivity contribution in [1.82, 2.24) is 15.3 Å². The number of hydrogen-bond donors (Lipinski definition) is 3. The second-order valence-corrected chi connectivity index (χ2v) is 7.08. The lowest BCUT2D eigenvalue weighted by molar-refractivity contribution is 0.0281. The van der Waals surface area contributed by atoms with Gasteiger partial charge in [0, 0.05) is 29.9 Å². The van der Waals surface area contributed by atoms with E-state index in [4.69, 9.17) is 0 Å². The van der Waals surface area contributed by atoms with Crippen molar-refractivity contribution < 1.29 is 9.90 Å². The predicted molar refractivity (Wildman–Crippen MR) is 95.0 cm³/mol. The Labute approximate surface area is 145 Å². The number of pyridine rings is 1. The minimum Gasteiger partial charge on any atom is -0.388 e. The van der Waals surface area contributed by atoms with Gasteiger partial charge < -0.3 is 10.4 Å². The van der Waals surface area contributed by atoms with Crippen molar-refractivity contribution in [2.24, 2.45) is 0 Å². The number of urea groups is 1. The molecule has 128 valence electrons. The van der Waals surface area contributed by atoms with Gasteiger partial charge in [-0.3, -0.25) is 10.3 Å². The molecule has 2 heterocycles. The molecule has 0 spiro atoms. The van der Waals surface area contributed by atoms with Gasteiger partial charge in [-0.05, 0) is 25.0 Å². The van der Waals surface area contributed by atoms with Crippen molar-refractivity contribution >= 4 is 22.5 Å². The molecule has 7 heteroatoms. The van der Waals surface area contributed by atoms with Gasteiger partial charge in [0.15, 0.2) is 5.13 Å². The van der Waals surface area contributed by atoms with Crippen LogP contribution < -0.4 is 10.6 Å². The first-order chi connectivity index (χ1) is 11.6. The number of rotatable bonds is 4. The van der Waals surface area contributed by atoms with Crippen molar-refractivity contribution in [1.29, 1.82) is 0 Å². The summed E-state index contributed by atoms with van der Waals surface area (Å²) in [6, 6.07) is 3.44. The zero-order valence-corrected chi connectivity index (χ0v) is 14.3. The molecule has 0 unspecified atom stereocenters. The highest BCUT2D eigenvalue weighted by Gasteiger charge is 2.28. The Hall–Kier alpha value is -1.99. The first-order valence-electron chi connectivity index (χ1n) is 8.28. The molecule has 0 bridgehead atoms. The summed E-state index contributed by atoms with van der Waals surface area (Å²) in [6.07, 6.45) is 9.28. The van der Waals surface area contributed by atoms with E-state index in [-0.39, 0.29) is 12.6 Å². The quantitative estimate of drug-likeness (QED) is 0.740. The first kappa shape index (κ1) is 16.9. The summed E-state index contributed by atoms with van der Waals surface area (Å²) in [5.74, 6) is 0. The van der Waals surface area contributed by atoms with Crippen LogP contribution in [0.15, 0.2) is 29.9 Å². The summed E-state index contributed by atoms with van der Waals surface area (Å²) >= 11 is 1.36. The second-order valence-electron chi connectivity index (χ2n) is 6.23. The van der Waals surface area contributed by atoms with E-state index in [1.165, 1.54) is 11.3 Å². The molecule has 1 aliphatic rings. The molecule has 0 aromatic carbocycles. The van der Waals surface area contributed by atoms with Crippen LogP contribution >= 0.6 is 11.3 Å². The molecule has 24 heavy (non-hydrogen) atoms. The predicted octanol–water partition coefficient (Wildman–Crippen LogP) is 3.41. The fraction of sp³-hybridized carbons (Fsp3) is 0.471. The monoisotopic (exact) mass is 346 g/mol. The second kappa shape index (κ2) is 7.72. The van der Waals surface area contributed by atoms with Gasteiger partial charge >= 0.3 is 6.03 Å². The van der Waals surface area contributed by atoms with Gasteiger partial charge in [-0.25, -0.2) is 9.78 Å². The van der Waals surface area contributed by atoms with Gasteiger partial charge in [0.1, 0.15) is 0 Å². The van der Waals surface area contributed by atoms with Crippen LogP contribution in [-0.2, 0) is 0 Å². The van der Waals surface area contributed by atoms with Crippen LogP contribution in [0.5, 0.6) is 0 Å². The molecule has 0 saturated heterocycles. The fourth-order valence-corrected chi connectivity index (χ4v) is 3.64. The maximum Gasteiger partial charge on any atom is 0.321 e. The van der Waals surface area contributed by atoms with E-state index < -0.39 is 5.60 Å². The molecular formula is C17H22N4O2S.